The highest BCUT2D eigenvalue weighted by molar-refractivity contribution is 9.10. The zero-order valence-corrected chi connectivity index (χ0v) is 11.0. The van der Waals surface area contributed by atoms with Crippen molar-refractivity contribution in [2.45, 2.75) is 0 Å². The Morgan fingerprint density at radius 3 is 2.94 bits per heavy atom. The highest BCUT2D eigenvalue weighted by Gasteiger charge is 2.15. The number of rotatable bonds is 2. The fourth-order valence-electron chi connectivity index (χ4n) is 1.28. The van der Waals surface area contributed by atoms with Crippen LogP contribution in [-0.4, -0.2) is 17.9 Å². The highest BCUT2D eigenvalue weighted by atomic mass is 79.9. The normalized spacial score (nSPS) is 10.1. The summed E-state index contributed by atoms with van der Waals surface area (Å²) in [5.74, 6) is -0.0590. The van der Waals surface area contributed by atoms with E-state index in [1.165, 1.54) is 11.3 Å². The molecule has 0 radical (unpaired) electrons. The van der Waals surface area contributed by atoms with Crippen molar-refractivity contribution in [3.05, 3.63) is 45.9 Å². The SMILES string of the molecule is CN(C(=O)c1cccc(Br)c1)c1nccs1. The number of thiazole rings is 1. The van der Waals surface area contributed by atoms with E-state index in [1.807, 2.05) is 17.5 Å². The maximum Gasteiger partial charge on any atom is 0.259 e. The molecule has 1 heterocycles. The molecule has 2 aromatic rings. The summed E-state index contributed by atoms with van der Waals surface area (Å²) >= 11 is 4.79. The van der Waals surface area contributed by atoms with Gasteiger partial charge >= 0.3 is 0 Å². The van der Waals surface area contributed by atoms with Crippen molar-refractivity contribution >= 4 is 38.3 Å². The van der Waals surface area contributed by atoms with E-state index >= 15 is 0 Å². The van der Waals surface area contributed by atoms with Crippen LogP contribution in [0.3, 0.4) is 0 Å². The lowest BCUT2D eigenvalue weighted by molar-refractivity contribution is 0.0993. The summed E-state index contributed by atoms with van der Waals surface area (Å²) in [5, 5.41) is 2.55. The van der Waals surface area contributed by atoms with Crippen molar-refractivity contribution in [1.29, 1.82) is 0 Å². The molecular formula is C11H9BrN2OS. The van der Waals surface area contributed by atoms with E-state index < -0.39 is 0 Å². The van der Waals surface area contributed by atoms with Gasteiger partial charge < -0.3 is 0 Å². The van der Waals surface area contributed by atoms with Gasteiger partial charge in [-0.25, -0.2) is 4.98 Å². The molecule has 0 aliphatic carbocycles. The van der Waals surface area contributed by atoms with E-state index in [0.717, 1.165) is 4.47 Å². The summed E-state index contributed by atoms with van der Waals surface area (Å²) in [4.78, 5) is 17.7. The largest absolute Gasteiger partial charge is 0.287 e. The number of carbonyl (C=O) groups is 1. The summed E-state index contributed by atoms with van der Waals surface area (Å²) in [6, 6.07) is 7.32. The van der Waals surface area contributed by atoms with Crippen LogP contribution in [0.15, 0.2) is 40.3 Å². The number of benzene rings is 1. The van der Waals surface area contributed by atoms with Gasteiger partial charge in [-0.15, -0.1) is 11.3 Å². The van der Waals surface area contributed by atoms with Crippen LogP contribution < -0.4 is 4.90 Å². The van der Waals surface area contributed by atoms with Gasteiger partial charge in [-0.05, 0) is 18.2 Å². The third kappa shape index (κ3) is 2.31. The molecule has 3 nitrogen and oxygen atoms in total. The monoisotopic (exact) mass is 296 g/mol. The molecule has 82 valence electrons. The first-order valence-corrected chi connectivity index (χ1v) is 6.29. The molecule has 5 heteroatoms. The van der Waals surface area contributed by atoms with Crippen LogP contribution in [0.1, 0.15) is 10.4 Å². The summed E-state index contributed by atoms with van der Waals surface area (Å²) < 4.78 is 0.894. The number of aromatic nitrogens is 1. The van der Waals surface area contributed by atoms with Gasteiger partial charge in [0.05, 0.1) is 0 Å². The molecule has 0 spiro atoms. The second kappa shape index (κ2) is 4.76. The smallest absolute Gasteiger partial charge is 0.259 e. The topological polar surface area (TPSA) is 33.2 Å². The number of hydrogen-bond donors (Lipinski definition) is 0. The summed E-state index contributed by atoms with van der Waals surface area (Å²) in [6.45, 7) is 0. The van der Waals surface area contributed by atoms with Gasteiger partial charge in [0.2, 0.25) is 0 Å². The molecule has 0 saturated heterocycles. The Balaban J connectivity index is 2.26. The predicted octanol–water partition coefficient (Wildman–Crippen LogP) is 3.18. The van der Waals surface area contributed by atoms with Crippen molar-refractivity contribution in [1.82, 2.24) is 4.98 Å². The second-order valence-corrected chi connectivity index (χ2v) is 4.98. The Labute approximate surface area is 106 Å². The molecule has 0 fully saturated rings. The lowest BCUT2D eigenvalue weighted by atomic mass is 10.2. The second-order valence-electron chi connectivity index (χ2n) is 3.19. The van der Waals surface area contributed by atoms with E-state index in [1.54, 1.807) is 30.3 Å². The highest BCUT2D eigenvalue weighted by Crippen LogP contribution is 2.19. The number of carbonyl (C=O) groups excluding carboxylic acids is 1. The van der Waals surface area contributed by atoms with Crippen molar-refractivity contribution in [3.8, 4) is 0 Å². The molecule has 0 unspecified atom stereocenters. The first-order valence-electron chi connectivity index (χ1n) is 4.61. The van der Waals surface area contributed by atoms with Gasteiger partial charge in [-0.1, -0.05) is 22.0 Å². The fourth-order valence-corrected chi connectivity index (χ4v) is 2.29. The van der Waals surface area contributed by atoms with Crippen molar-refractivity contribution in [2.24, 2.45) is 0 Å². The predicted molar refractivity (Wildman–Crippen MR) is 69.0 cm³/mol. The van der Waals surface area contributed by atoms with Gasteiger partial charge in [0.15, 0.2) is 5.13 Å². The van der Waals surface area contributed by atoms with Crippen LogP contribution >= 0.6 is 27.3 Å². The molecule has 1 aromatic heterocycles. The summed E-state index contributed by atoms with van der Waals surface area (Å²) in [7, 11) is 1.72. The summed E-state index contributed by atoms with van der Waals surface area (Å²) in [6.07, 6.45) is 1.69. The van der Waals surface area contributed by atoms with E-state index in [0.29, 0.717) is 10.7 Å². The Morgan fingerprint density at radius 2 is 2.31 bits per heavy atom. The van der Waals surface area contributed by atoms with E-state index in [-0.39, 0.29) is 5.91 Å². The maximum atomic E-state index is 12.1. The van der Waals surface area contributed by atoms with Crippen LogP contribution in [-0.2, 0) is 0 Å². The molecule has 2 rings (SSSR count). The number of hydrogen-bond acceptors (Lipinski definition) is 3. The zero-order chi connectivity index (χ0) is 11.5. The molecule has 16 heavy (non-hydrogen) atoms. The van der Waals surface area contributed by atoms with Crippen LogP contribution in [0.2, 0.25) is 0 Å². The maximum absolute atomic E-state index is 12.1. The fraction of sp³-hybridized carbons (Fsp3) is 0.0909. The molecule has 0 atom stereocenters. The minimum atomic E-state index is -0.0590. The average molecular weight is 297 g/mol. The number of anilines is 1. The van der Waals surface area contributed by atoms with Crippen molar-refractivity contribution in [3.63, 3.8) is 0 Å². The minimum absolute atomic E-state index is 0.0590. The number of halogens is 1. The van der Waals surface area contributed by atoms with Crippen LogP contribution in [0.5, 0.6) is 0 Å². The van der Waals surface area contributed by atoms with Gasteiger partial charge in [-0.3, -0.25) is 9.69 Å². The molecule has 0 bridgehead atoms. The van der Waals surface area contributed by atoms with E-state index in [4.69, 9.17) is 0 Å². The van der Waals surface area contributed by atoms with Gasteiger partial charge in [0.1, 0.15) is 0 Å². The first kappa shape index (κ1) is 11.3. The Kier molecular flexibility index (Phi) is 3.36. The standard InChI is InChI=1S/C11H9BrN2OS/c1-14(11-13-5-6-16-11)10(15)8-3-2-4-9(12)7-8/h2-7H,1H3. The summed E-state index contributed by atoms with van der Waals surface area (Å²) in [5.41, 5.74) is 0.645. The van der Waals surface area contributed by atoms with E-state index in [2.05, 4.69) is 20.9 Å². The average Bonchev–Trinajstić information content (AvgIpc) is 2.80. The molecular weight excluding hydrogens is 288 g/mol. The molecule has 0 N–H and O–H groups in total. The first-order chi connectivity index (χ1) is 7.68. The van der Waals surface area contributed by atoms with Gasteiger partial charge in [0, 0.05) is 28.7 Å². The quantitative estimate of drug-likeness (QED) is 0.853. The Hall–Kier alpha value is -1.20. The van der Waals surface area contributed by atoms with Gasteiger partial charge in [0.25, 0.3) is 5.91 Å². The minimum Gasteiger partial charge on any atom is -0.287 e. The zero-order valence-electron chi connectivity index (χ0n) is 8.55. The van der Waals surface area contributed by atoms with E-state index in [9.17, 15) is 4.79 Å². The van der Waals surface area contributed by atoms with Crippen LogP contribution in [0.25, 0.3) is 0 Å². The molecule has 0 aliphatic rings. The molecule has 1 amide bonds. The third-order valence-electron chi connectivity index (χ3n) is 2.08. The van der Waals surface area contributed by atoms with Crippen LogP contribution in [0.4, 0.5) is 5.13 Å². The lowest BCUT2D eigenvalue weighted by Crippen LogP contribution is -2.25. The Morgan fingerprint density at radius 1 is 1.50 bits per heavy atom. The van der Waals surface area contributed by atoms with Gasteiger partial charge in [-0.2, -0.15) is 0 Å². The van der Waals surface area contributed by atoms with Crippen molar-refractivity contribution < 1.29 is 4.79 Å². The van der Waals surface area contributed by atoms with Crippen molar-refractivity contribution in [2.75, 3.05) is 11.9 Å². The van der Waals surface area contributed by atoms with Crippen LogP contribution in [0, 0.1) is 0 Å². The molecule has 1 aromatic carbocycles. The number of nitrogens with zero attached hydrogens (tertiary/aromatic N) is 2. The lowest BCUT2D eigenvalue weighted by Gasteiger charge is -2.13. The Bertz CT molecular complexity index is 498. The molecule has 0 saturated carbocycles. The third-order valence-corrected chi connectivity index (χ3v) is 3.42. The number of amides is 1. The molecule has 0 aliphatic heterocycles.